The van der Waals surface area contributed by atoms with E-state index in [-0.39, 0.29) is 11.0 Å². The van der Waals surface area contributed by atoms with Gasteiger partial charge >= 0.3 is 0 Å². The summed E-state index contributed by atoms with van der Waals surface area (Å²) < 4.78 is 1.46. The first kappa shape index (κ1) is 14.7. The lowest BCUT2D eigenvalue weighted by atomic mass is 10.2. The van der Waals surface area contributed by atoms with E-state index in [0.29, 0.717) is 11.4 Å². The third-order valence-corrected chi connectivity index (χ3v) is 3.09. The minimum Gasteiger partial charge on any atom is -0.630 e. The number of nitrogens with zero attached hydrogens (tertiary/aromatic N) is 1. The van der Waals surface area contributed by atoms with E-state index in [1.807, 2.05) is 30.3 Å². The number of hydrogen-bond donors (Lipinski definition) is 2. The van der Waals surface area contributed by atoms with Gasteiger partial charge in [0.1, 0.15) is 5.69 Å². The number of aromatic amines is 1. The van der Waals surface area contributed by atoms with Crippen molar-refractivity contribution in [1.82, 2.24) is 9.78 Å². The average Bonchev–Trinajstić information content (AvgIpc) is 2.90. The molecule has 0 bridgehead atoms. The average molecular weight is 285 g/mol. The first-order valence-electron chi connectivity index (χ1n) is 6.21. The van der Waals surface area contributed by atoms with Gasteiger partial charge in [0, 0.05) is 18.2 Å². The number of H-pyrrole nitrogens is 1. The van der Waals surface area contributed by atoms with Crippen LogP contribution in [0.25, 0.3) is 16.9 Å². The summed E-state index contributed by atoms with van der Waals surface area (Å²) in [7, 11) is 0. The van der Waals surface area contributed by atoms with Crippen molar-refractivity contribution < 1.29 is 11.0 Å². The van der Waals surface area contributed by atoms with Gasteiger partial charge in [-0.15, -0.1) is 0 Å². The third-order valence-electron chi connectivity index (χ3n) is 3.09. The van der Waals surface area contributed by atoms with Crippen LogP contribution < -0.4 is 11.0 Å². The molecule has 0 aliphatic heterocycles. The van der Waals surface area contributed by atoms with Gasteiger partial charge in [-0.1, -0.05) is 30.3 Å². The number of nitrogens with one attached hydrogen (secondary N) is 1. The molecule has 0 aliphatic rings. The molecule has 108 valence electrons. The second-order valence-corrected chi connectivity index (χ2v) is 4.42. The Morgan fingerprint density at radius 2 is 1.67 bits per heavy atom. The van der Waals surface area contributed by atoms with Crippen molar-refractivity contribution in [3.8, 4) is 16.9 Å². The SMILES string of the molecule is O.O=c1cc(-c2ccccc2)[nH]n1-c1ccc([NH2+][O-])cc1. The summed E-state index contributed by atoms with van der Waals surface area (Å²) in [5.74, 6) is 0. The number of hydrogen-bond acceptors (Lipinski definition) is 2. The lowest BCUT2D eigenvalue weighted by Gasteiger charge is -2.04. The zero-order valence-corrected chi connectivity index (χ0v) is 11.1. The quantitative estimate of drug-likeness (QED) is 0.545. The molecule has 0 unspecified atom stereocenters. The summed E-state index contributed by atoms with van der Waals surface area (Å²) in [6, 6.07) is 18.0. The second kappa shape index (κ2) is 6.19. The lowest BCUT2D eigenvalue weighted by Crippen LogP contribution is -2.70. The lowest BCUT2D eigenvalue weighted by molar-refractivity contribution is -0.497. The van der Waals surface area contributed by atoms with Crippen LogP contribution in [0.4, 0.5) is 5.69 Å². The van der Waals surface area contributed by atoms with Crippen LogP contribution in [0.15, 0.2) is 65.5 Å². The number of aromatic nitrogens is 2. The summed E-state index contributed by atoms with van der Waals surface area (Å²) >= 11 is 0. The molecule has 6 heteroatoms. The minimum absolute atomic E-state index is 0. The summed E-state index contributed by atoms with van der Waals surface area (Å²) in [4.78, 5) is 12.0. The van der Waals surface area contributed by atoms with Crippen LogP contribution >= 0.6 is 0 Å². The Bertz CT molecular complexity index is 761. The molecule has 21 heavy (non-hydrogen) atoms. The van der Waals surface area contributed by atoms with E-state index < -0.39 is 0 Å². The first-order valence-corrected chi connectivity index (χ1v) is 6.21. The summed E-state index contributed by atoms with van der Waals surface area (Å²) in [5.41, 5.74) is 3.63. The van der Waals surface area contributed by atoms with E-state index in [4.69, 9.17) is 0 Å². The van der Waals surface area contributed by atoms with Crippen molar-refractivity contribution in [2.45, 2.75) is 0 Å². The van der Waals surface area contributed by atoms with E-state index in [0.717, 1.165) is 16.7 Å². The highest BCUT2D eigenvalue weighted by Crippen LogP contribution is 2.16. The van der Waals surface area contributed by atoms with Gasteiger partial charge in [0.15, 0.2) is 0 Å². The van der Waals surface area contributed by atoms with Crippen LogP contribution in [-0.2, 0) is 0 Å². The maximum Gasteiger partial charge on any atom is 0.271 e. The Kier molecular flexibility index (Phi) is 4.34. The summed E-state index contributed by atoms with van der Waals surface area (Å²) in [6.45, 7) is 0. The Balaban J connectivity index is 0.00000161. The molecule has 3 rings (SSSR count). The molecule has 0 radical (unpaired) electrons. The van der Waals surface area contributed by atoms with Crippen LogP contribution in [-0.4, -0.2) is 15.3 Å². The number of benzene rings is 2. The predicted molar refractivity (Wildman–Crippen MR) is 80.4 cm³/mol. The molecule has 0 aliphatic carbocycles. The van der Waals surface area contributed by atoms with Gasteiger partial charge in [-0.3, -0.25) is 9.89 Å². The van der Waals surface area contributed by atoms with Crippen LogP contribution in [0, 0.1) is 5.21 Å². The highest BCUT2D eigenvalue weighted by molar-refractivity contribution is 5.58. The van der Waals surface area contributed by atoms with Crippen molar-refractivity contribution in [3.05, 3.63) is 76.2 Å². The monoisotopic (exact) mass is 285 g/mol. The normalized spacial score (nSPS) is 10.1. The molecule has 0 fully saturated rings. The Morgan fingerprint density at radius 1 is 1.00 bits per heavy atom. The molecule has 0 atom stereocenters. The fourth-order valence-corrected chi connectivity index (χ4v) is 2.06. The van der Waals surface area contributed by atoms with Gasteiger partial charge in [0.05, 0.1) is 11.4 Å². The van der Waals surface area contributed by atoms with Crippen LogP contribution in [0.5, 0.6) is 0 Å². The van der Waals surface area contributed by atoms with Crippen molar-refractivity contribution in [3.63, 3.8) is 0 Å². The van der Waals surface area contributed by atoms with E-state index in [2.05, 4.69) is 5.10 Å². The molecular weight excluding hydrogens is 270 g/mol. The van der Waals surface area contributed by atoms with Gasteiger partial charge in [0.2, 0.25) is 0 Å². The maximum atomic E-state index is 12.0. The topological polar surface area (TPSA) is 109 Å². The largest absolute Gasteiger partial charge is 0.630 e. The zero-order valence-electron chi connectivity index (χ0n) is 11.1. The van der Waals surface area contributed by atoms with Gasteiger partial charge < -0.3 is 16.2 Å². The second-order valence-electron chi connectivity index (χ2n) is 4.42. The van der Waals surface area contributed by atoms with E-state index >= 15 is 0 Å². The molecule has 0 amide bonds. The van der Waals surface area contributed by atoms with Gasteiger partial charge in [-0.2, -0.15) is 0 Å². The number of rotatable bonds is 3. The van der Waals surface area contributed by atoms with E-state index in [9.17, 15) is 10.0 Å². The molecular formula is C15H15N3O3. The molecule has 0 saturated carbocycles. The van der Waals surface area contributed by atoms with Crippen LogP contribution in [0.3, 0.4) is 0 Å². The van der Waals surface area contributed by atoms with E-state index in [1.54, 1.807) is 30.3 Å². The van der Waals surface area contributed by atoms with Crippen molar-refractivity contribution in [1.29, 1.82) is 0 Å². The fourth-order valence-electron chi connectivity index (χ4n) is 2.06. The number of nitrogens with two attached hydrogens (primary N) is 1. The van der Waals surface area contributed by atoms with Gasteiger partial charge in [-0.05, 0) is 17.7 Å². The van der Waals surface area contributed by atoms with Gasteiger partial charge in [0.25, 0.3) is 5.56 Å². The van der Waals surface area contributed by atoms with Crippen LogP contribution in [0.1, 0.15) is 0 Å². The molecule has 1 heterocycles. The molecule has 1 aromatic heterocycles. The Hall–Kier alpha value is -2.67. The smallest absolute Gasteiger partial charge is 0.271 e. The van der Waals surface area contributed by atoms with Crippen molar-refractivity contribution in [2.24, 2.45) is 0 Å². The summed E-state index contributed by atoms with van der Waals surface area (Å²) in [5, 5.41) is 13.7. The van der Waals surface area contributed by atoms with E-state index in [1.165, 1.54) is 4.68 Å². The van der Waals surface area contributed by atoms with Crippen molar-refractivity contribution in [2.75, 3.05) is 0 Å². The standard InChI is InChI=1S/C15H13N3O2.H2O/c19-15-10-14(11-4-2-1-3-5-11)16-18(15)13-8-6-12(17-20)7-9-13;/h1-10,16H,17H2;1H2. The fraction of sp³-hybridized carbons (Fsp3) is 0. The maximum absolute atomic E-state index is 12.0. The molecule has 0 saturated heterocycles. The minimum atomic E-state index is -0.136. The molecule has 3 aromatic rings. The highest BCUT2D eigenvalue weighted by atomic mass is 16.5. The van der Waals surface area contributed by atoms with Gasteiger partial charge in [-0.25, -0.2) is 4.68 Å². The number of quaternary nitrogens is 1. The van der Waals surface area contributed by atoms with Crippen molar-refractivity contribution >= 4 is 5.69 Å². The molecule has 2 aromatic carbocycles. The first-order chi connectivity index (χ1) is 9.78. The molecule has 0 spiro atoms. The summed E-state index contributed by atoms with van der Waals surface area (Å²) in [6.07, 6.45) is 0. The van der Waals surface area contributed by atoms with Crippen LogP contribution in [0.2, 0.25) is 0 Å². The highest BCUT2D eigenvalue weighted by Gasteiger charge is 2.06. The third kappa shape index (κ3) is 2.92. The zero-order chi connectivity index (χ0) is 13.9. The Labute approximate surface area is 120 Å². The molecule has 6 nitrogen and oxygen atoms in total. The Morgan fingerprint density at radius 3 is 2.29 bits per heavy atom. The molecule has 5 N–H and O–H groups in total. The predicted octanol–water partition coefficient (Wildman–Crippen LogP) is 0.701.